The minimum absolute atomic E-state index is 0.0142. The van der Waals surface area contributed by atoms with Gasteiger partial charge in [-0.1, -0.05) is 13.8 Å². The number of halogens is 3. The molecule has 0 fully saturated rings. The van der Waals surface area contributed by atoms with Crippen molar-refractivity contribution < 1.29 is 22.8 Å². The summed E-state index contributed by atoms with van der Waals surface area (Å²) in [5, 5.41) is 5.01. The van der Waals surface area contributed by atoms with E-state index in [0.29, 0.717) is 5.92 Å². The molecule has 1 atom stereocenters. The standard InChI is InChI=1S/C18H26F3N3O2/c1-11(2)5-6-12(3)22-15(25)9-24(4)10-16(26)23-14-8-7-13(19)17(20)18(14)21/h7-8,11-12H,5-6,9-10H2,1-4H3,(H,22,25)(H,23,26)/t12-/m1/s1. The smallest absolute Gasteiger partial charge is 0.238 e. The second-order valence-corrected chi connectivity index (χ2v) is 6.88. The molecule has 0 radical (unpaired) electrons. The van der Waals surface area contributed by atoms with E-state index in [9.17, 15) is 22.8 Å². The molecule has 0 heterocycles. The fraction of sp³-hybridized carbons (Fsp3) is 0.556. The largest absolute Gasteiger partial charge is 0.353 e. The summed E-state index contributed by atoms with van der Waals surface area (Å²) in [5.41, 5.74) is -0.450. The molecule has 0 saturated heterocycles. The maximum atomic E-state index is 13.5. The van der Waals surface area contributed by atoms with Gasteiger partial charge in [0, 0.05) is 6.04 Å². The fourth-order valence-electron chi connectivity index (χ4n) is 2.33. The zero-order chi connectivity index (χ0) is 19.9. The van der Waals surface area contributed by atoms with Crippen molar-refractivity contribution in [2.45, 2.75) is 39.7 Å². The van der Waals surface area contributed by atoms with E-state index in [-0.39, 0.29) is 25.0 Å². The number of benzene rings is 1. The number of amides is 2. The number of nitrogens with zero attached hydrogens (tertiary/aromatic N) is 1. The predicted molar refractivity (Wildman–Crippen MR) is 94.1 cm³/mol. The highest BCUT2D eigenvalue weighted by Crippen LogP contribution is 2.19. The normalized spacial score (nSPS) is 12.3. The van der Waals surface area contributed by atoms with Crippen LogP contribution in [0.25, 0.3) is 0 Å². The molecule has 0 aliphatic heterocycles. The summed E-state index contributed by atoms with van der Waals surface area (Å²) < 4.78 is 39.6. The van der Waals surface area contributed by atoms with E-state index in [1.165, 1.54) is 4.90 Å². The lowest BCUT2D eigenvalue weighted by Crippen LogP contribution is -2.42. The monoisotopic (exact) mass is 373 g/mol. The first kappa shape index (κ1) is 22.0. The molecular weight excluding hydrogens is 347 g/mol. The average molecular weight is 373 g/mol. The Bertz CT molecular complexity index is 638. The molecule has 0 aliphatic rings. The summed E-state index contributed by atoms with van der Waals surface area (Å²) in [5.74, 6) is -4.75. The molecule has 0 aliphatic carbocycles. The third kappa shape index (κ3) is 7.43. The van der Waals surface area contributed by atoms with Crippen LogP contribution in [0.5, 0.6) is 0 Å². The van der Waals surface area contributed by atoms with Gasteiger partial charge < -0.3 is 10.6 Å². The van der Waals surface area contributed by atoms with Crippen LogP contribution in [0.4, 0.5) is 18.9 Å². The van der Waals surface area contributed by atoms with Crippen molar-refractivity contribution in [3.63, 3.8) is 0 Å². The third-order valence-electron chi connectivity index (χ3n) is 3.72. The van der Waals surface area contributed by atoms with Crippen LogP contribution >= 0.6 is 0 Å². The highest BCUT2D eigenvalue weighted by Gasteiger charge is 2.17. The number of hydrogen-bond donors (Lipinski definition) is 2. The molecule has 0 saturated carbocycles. The molecule has 2 amide bonds. The maximum Gasteiger partial charge on any atom is 0.238 e. The Labute approximate surface area is 151 Å². The highest BCUT2D eigenvalue weighted by atomic mass is 19.2. The lowest BCUT2D eigenvalue weighted by molar-refractivity contribution is -0.123. The third-order valence-corrected chi connectivity index (χ3v) is 3.72. The molecule has 8 heteroatoms. The maximum absolute atomic E-state index is 13.5. The Morgan fingerprint density at radius 1 is 1.00 bits per heavy atom. The summed E-state index contributed by atoms with van der Waals surface area (Å²) in [7, 11) is 1.56. The van der Waals surface area contributed by atoms with Gasteiger partial charge in [0.1, 0.15) is 0 Å². The van der Waals surface area contributed by atoms with Crippen LogP contribution in [0.1, 0.15) is 33.6 Å². The van der Waals surface area contributed by atoms with Gasteiger partial charge in [0.05, 0.1) is 18.8 Å². The van der Waals surface area contributed by atoms with Gasteiger partial charge in [-0.05, 0) is 44.9 Å². The van der Waals surface area contributed by atoms with Crippen LogP contribution in [-0.2, 0) is 9.59 Å². The van der Waals surface area contributed by atoms with Gasteiger partial charge in [-0.25, -0.2) is 13.2 Å². The number of anilines is 1. The Morgan fingerprint density at radius 3 is 2.23 bits per heavy atom. The molecule has 26 heavy (non-hydrogen) atoms. The van der Waals surface area contributed by atoms with Crippen LogP contribution in [-0.4, -0.2) is 42.9 Å². The van der Waals surface area contributed by atoms with Crippen LogP contribution in [0, 0.1) is 23.4 Å². The second-order valence-electron chi connectivity index (χ2n) is 6.88. The molecule has 5 nitrogen and oxygen atoms in total. The van der Waals surface area contributed by atoms with Gasteiger partial charge in [0.15, 0.2) is 17.5 Å². The number of rotatable bonds is 9. The summed E-state index contributed by atoms with van der Waals surface area (Å²) in [6, 6.07) is 1.70. The van der Waals surface area contributed by atoms with Crippen molar-refractivity contribution in [2.75, 3.05) is 25.5 Å². The first-order valence-corrected chi connectivity index (χ1v) is 8.51. The van der Waals surface area contributed by atoms with E-state index in [4.69, 9.17) is 0 Å². The number of carbonyl (C=O) groups excluding carboxylic acids is 2. The molecule has 1 aromatic rings. The summed E-state index contributed by atoms with van der Waals surface area (Å²) in [6.45, 7) is 5.91. The van der Waals surface area contributed by atoms with Crippen molar-refractivity contribution in [3.8, 4) is 0 Å². The summed E-state index contributed by atoms with van der Waals surface area (Å²) in [6.07, 6.45) is 1.86. The first-order chi connectivity index (χ1) is 12.1. The quantitative estimate of drug-likeness (QED) is 0.655. The zero-order valence-electron chi connectivity index (χ0n) is 15.5. The Morgan fingerprint density at radius 2 is 1.62 bits per heavy atom. The van der Waals surface area contributed by atoms with E-state index in [2.05, 4.69) is 24.5 Å². The molecule has 146 valence electrons. The number of likely N-dealkylation sites (N-methyl/N-ethyl adjacent to an activating group) is 1. The van der Waals surface area contributed by atoms with Crippen molar-refractivity contribution in [1.82, 2.24) is 10.2 Å². The number of carbonyl (C=O) groups is 2. The lowest BCUT2D eigenvalue weighted by atomic mass is 10.0. The molecule has 1 aromatic carbocycles. The fourth-order valence-corrected chi connectivity index (χ4v) is 2.33. The predicted octanol–water partition coefficient (Wildman–Crippen LogP) is 2.92. The van der Waals surface area contributed by atoms with Crippen molar-refractivity contribution in [3.05, 3.63) is 29.6 Å². The van der Waals surface area contributed by atoms with Crippen LogP contribution < -0.4 is 10.6 Å². The van der Waals surface area contributed by atoms with Crippen LogP contribution in [0.15, 0.2) is 12.1 Å². The van der Waals surface area contributed by atoms with E-state index < -0.39 is 29.0 Å². The van der Waals surface area contributed by atoms with E-state index in [1.54, 1.807) is 7.05 Å². The van der Waals surface area contributed by atoms with Crippen molar-refractivity contribution in [2.24, 2.45) is 5.92 Å². The van der Waals surface area contributed by atoms with Gasteiger partial charge in [0.2, 0.25) is 11.8 Å². The van der Waals surface area contributed by atoms with Gasteiger partial charge >= 0.3 is 0 Å². The van der Waals surface area contributed by atoms with Crippen LogP contribution in [0.3, 0.4) is 0 Å². The summed E-state index contributed by atoms with van der Waals surface area (Å²) in [4.78, 5) is 25.3. The lowest BCUT2D eigenvalue weighted by Gasteiger charge is -2.19. The molecule has 0 aromatic heterocycles. The molecular formula is C18H26F3N3O2. The number of hydrogen-bond acceptors (Lipinski definition) is 3. The zero-order valence-corrected chi connectivity index (χ0v) is 15.5. The Hall–Kier alpha value is -2.09. The van der Waals surface area contributed by atoms with E-state index in [1.807, 2.05) is 6.92 Å². The Balaban J connectivity index is 2.45. The van der Waals surface area contributed by atoms with Gasteiger partial charge in [-0.3, -0.25) is 14.5 Å². The molecule has 0 unspecified atom stereocenters. The van der Waals surface area contributed by atoms with Crippen LogP contribution in [0.2, 0.25) is 0 Å². The highest BCUT2D eigenvalue weighted by molar-refractivity contribution is 5.92. The average Bonchev–Trinajstić information content (AvgIpc) is 2.53. The minimum Gasteiger partial charge on any atom is -0.353 e. The van der Waals surface area contributed by atoms with Crippen molar-refractivity contribution in [1.29, 1.82) is 0 Å². The first-order valence-electron chi connectivity index (χ1n) is 8.51. The van der Waals surface area contributed by atoms with Gasteiger partial charge in [0.25, 0.3) is 0 Å². The Kier molecular flexibility index (Phi) is 8.57. The molecule has 2 N–H and O–H groups in total. The van der Waals surface area contributed by atoms with E-state index >= 15 is 0 Å². The molecule has 0 bridgehead atoms. The molecule has 0 spiro atoms. The topological polar surface area (TPSA) is 61.4 Å². The molecule has 1 rings (SSSR count). The number of nitrogens with one attached hydrogen (secondary N) is 2. The van der Waals surface area contributed by atoms with E-state index in [0.717, 1.165) is 25.0 Å². The van der Waals surface area contributed by atoms with Crippen molar-refractivity contribution >= 4 is 17.5 Å². The SMILES string of the molecule is CC(C)CC[C@@H](C)NC(=O)CN(C)CC(=O)Nc1ccc(F)c(F)c1F. The summed E-state index contributed by atoms with van der Waals surface area (Å²) >= 11 is 0. The van der Waals surface area contributed by atoms with Gasteiger partial charge in [-0.2, -0.15) is 0 Å². The van der Waals surface area contributed by atoms with Gasteiger partial charge in [-0.15, -0.1) is 0 Å². The minimum atomic E-state index is -1.65. The second kappa shape index (κ2) is 10.2.